The van der Waals surface area contributed by atoms with Crippen LogP contribution in [0.3, 0.4) is 0 Å². The summed E-state index contributed by atoms with van der Waals surface area (Å²) in [6.45, 7) is 15.5. The van der Waals surface area contributed by atoms with Crippen LogP contribution >= 0.6 is 7.92 Å². The van der Waals surface area contributed by atoms with E-state index in [0.717, 1.165) is 11.3 Å². The number of hydrogen-bond acceptors (Lipinski definition) is 2. The molecule has 0 saturated carbocycles. The van der Waals surface area contributed by atoms with Gasteiger partial charge in [-0.2, -0.15) is 0 Å². The van der Waals surface area contributed by atoms with Crippen LogP contribution in [-0.2, 0) is 0 Å². The van der Waals surface area contributed by atoms with Crippen LogP contribution in [0.15, 0.2) is 24.3 Å². The molecule has 0 amide bonds. The number of nitrogens with zero attached hydrogens (tertiary/aromatic N) is 1. The SMILES string of the molecule is Cc1ccccc1N([O-])CP(C(C)(C)C)C(C)(C)C. The average Bonchev–Trinajstić information content (AvgIpc) is 2.23. The molecule has 3 heteroatoms. The van der Waals surface area contributed by atoms with Crippen LogP contribution in [0.25, 0.3) is 0 Å². The van der Waals surface area contributed by atoms with Crippen molar-refractivity contribution in [3.05, 3.63) is 35.0 Å². The third-order valence-corrected chi connectivity index (χ3v) is 7.05. The van der Waals surface area contributed by atoms with Gasteiger partial charge in [-0.3, -0.25) is 0 Å². The summed E-state index contributed by atoms with van der Waals surface area (Å²) in [5, 5.41) is 14.1. The summed E-state index contributed by atoms with van der Waals surface area (Å²) >= 11 is 0. The molecule has 0 saturated heterocycles. The van der Waals surface area contributed by atoms with Crippen LogP contribution in [0, 0.1) is 12.1 Å². The fourth-order valence-electron chi connectivity index (χ4n) is 2.48. The number of rotatable bonds is 3. The molecule has 0 radical (unpaired) electrons. The Kier molecular flexibility index (Phi) is 5.03. The van der Waals surface area contributed by atoms with Crippen molar-refractivity contribution in [3.8, 4) is 0 Å². The number of para-hydroxylation sites is 1. The van der Waals surface area contributed by atoms with Crippen molar-refractivity contribution in [1.82, 2.24) is 0 Å². The van der Waals surface area contributed by atoms with Crippen molar-refractivity contribution in [2.75, 3.05) is 11.3 Å². The van der Waals surface area contributed by atoms with E-state index < -0.39 is 7.92 Å². The zero-order valence-corrected chi connectivity index (χ0v) is 14.2. The zero-order valence-electron chi connectivity index (χ0n) is 13.3. The maximum atomic E-state index is 12.5. The minimum absolute atomic E-state index is 0.179. The van der Waals surface area contributed by atoms with Crippen molar-refractivity contribution >= 4 is 13.6 Å². The molecule has 0 bridgehead atoms. The van der Waals surface area contributed by atoms with E-state index >= 15 is 0 Å². The Labute approximate surface area is 119 Å². The summed E-state index contributed by atoms with van der Waals surface area (Å²) in [6, 6.07) is 7.82. The number of hydrogen-bond donors (Lipinski definition) is 0. The summed E-state index contributed by atoms with van der Waals surface area (Å²) in [5.74, 6) is 0. The predicted molar refractivity (Wildman–Crippen MR) is 88.3 cm³/mol. The van der Waals surface area contributed by atoms with Gasteiger partial charge in [0.25, 0.3) is 0 Å². The van der Waals surface area contributed by atoms with Gasteiger partial charge < -0.3 is 10.3 Å². The van der Waals surface area contributed by atoms with Crippen LogP contribution in [0.2, 0.25) is 0 Å². The second kappa shape index (κ2) is 5.81. The van der Waals surface area contributed by atoms with E-state index in [1.54, 1.807) is 0 Å². The van der Waals surface area contributed by atoms with Gasteiger partial charge in [0.15, 0.2) is 0 Å². The first-order valence-electron chi connectivity index (χ1n) is 6.81. The van der Waals surface area contributed by atoms with E-state index in [-0.39, 0.29) is 10.3 Å². The van der Waals surface area contributed by atoms with Gasteiger partial charge in [-0.25, -0.2) is 0 Å². The van der Waals surface area contributed by atoms with Gasteiger partial charge in [0.05, 0.1) is 0 Å². The second-order valence-electron chi connectivity index (χ2n) is 7.08. The highest BCUT2D eigenvalue weighted by Gasteiger charge is 2.34. The molecule has 0 atom stereocenters. The molecule has 0 N–H and O–H groups in total. The van der Waals surface area contributed by atoms with E-state index in [0.29, 0.717) is 6.29 Å². The zero-order chi connectivity index (χ0) is 14.8. The lowest BCUT2D eigenvalue weighted by Crippen LogP contribution is -2.31. The summed E-state index contributed by atoms with van der Waals surface area (Å²) in [6.07, 6.45) is 0.604. The third-order valence-electron chi connectivity index (χ3n) is 3.27. The van der Waals surface area contributed by atoms with Crippen molar-refractivity contribution in [2.24, 2.45) is 0 Å². The van der Waals surface area contributed by atoms with Crippen LogP contribution in [-0.4, -0.2) is 16.6 Å². The Hall–Kier alpha value is -0.590. The first-order valence-corrected chi connectivity index (χ1v) is 8.34. The maximum Gasteiger partial charge on any atom is 0.0291 e. The molecule has 1 aromatic carbocycles. The number of hydroxylamine groups is 1. The number of aryl methyl sites for hydroxylation is 1. The molecule has 0 aliphatic heterocycles. The summed E-state index contributed by atoms with van der Waals surface area (Å²) < 4.78 is 0. The van der Waals surface area contributed by atoms with Gasteiger partial charge in [-0.05, 0) is 28.9 Å². The topological polar surface area (TPSA) is 26.3 Å². The minimum atomic E-state index is -0.405. The highest BCUT2D eigenvalue weighted by Crippen LogP contribution is 2.59. The minimum Gasteiger partial charge on any atom is -0.758 e. The first-order chi connectivity index (χ1) is 8.53. The lowest BCUT2D eigenvalue weighted by Gasteiger charge is -2.47. The van der Waals surface area contributed by atoms with Gasteiger partial charge in [0.2, 0.25) is 0 Å². The summed E-state index contributed by atoms with van der Waals surface area (Å²) in [7, 11) is -0.405. The molecule has 1 rings (SSSR count). The van der Waals surface area contributed by atoms with Crippen molar-refractivity contribution < 1.29 is 0 Å². The van der Waals surface area contributed by atoms with Crippen LogP contribution < -0.4 is 5.06 Å². The molecular formula is C16H27NOP-. The van der Waals surface area contributed by atoms with E-state index in [9.17, 15) is 5.21 Å². The van der Waals surface area contributed by atoms with Gasteiger partial charge in [-0.1, -0.05) is 67.7 Å². The predicted octanol–water partition coefficient (Wildman–Crippen LogP) is 5.34. The molecule has 108 valence electrons. The first kappa shape index (κ1) is 16.5. The molecule has 2 nitrogen and oxygen atoms in total. The lowest BCUT2D eigenvalue weighted by atomic mass is 10.2. The van der Waals surface area contributed by atoms with E-state index in [2.05, 4.69) is 41.5 Å². The molecule has 0 heterocycles. The Morgan fingerprint density at radius 2 is 1.47 bits per heavy atom. The molecule has 0 aliphatic carbocycles. The van der Waals surface area contributed by atoms with E-state index in [4.69, 9.17) is 0 Å². The Balaban J connectivity index is 2.96. The van der Waals surface area contributed by atoms with Crippen LogP contribution in [0.1, 0.15) is 47.1 Å². The van der Waals surface area contributed by atoms with Crippen molar-refractivity contribution in [2.45, 2.75) is 58.8 Å². The molecular weight excluding hydrogens is 253 g/mol. The maximum absolute atomic E-state index is 12.5. The largest absolute Gasteiger partial charge is 0.758 e. The smallest absolute Gasteiger partial charge is 0.0291 e. The van der Waals surface area contributed by atoms with Crippen molar-refractivity contribution in [1.29, 1.82) is 0 Å². The number of anilines is 1. The normalized spacial score (nSPS) is 12.9. The molecule has 0 unspecified atom stereocenters. The monoisotopic (exact) mass is 280 g/mol. The van der Waals surface area contributed by atoms with Crippen LogP contribution in [0.5, 0.6) is 0 Å². The molecule has 19 heavy (non-hydrogen) atoms. The highest BCUT2D eigenvalue weighted by molar-refractivity contribution is 7.60. The fourth-order valence-corrected chi connectivity index (χ4v) is 5.75. The quantitative estimate of drug-likeness (QED) is 0.552. The van der Waals surface area contributed by atoms with Gasteiger partial charge in [0.1, 0.15) is 0 Å². The average molecular weight is 280 g/mol. The Morgan fingerprint density at radius 1 is 1.00 bits per heavy atom. The summed E-state index contributed by atoms with van der Waals surface area (Å²) in [5.41, 5.74) is 1.86. The van der Waals surface area contributed by atoms with Gasteiger partial charge in [0, 0.05) is 12.0 Å². The molecule has 1 aromatic rings. The molecule has 0 spiro atoms. The van der Waals surface area contributed by atoms with Gasteiger partial charge in [-0.15, -0.1) is 0 Å². The third kappa shape index (κ3) is 4.47. The standard InChI is InChI=1S/C16H27NOP/c1-13-10-8-9-11-14(13)17(18)12-19(15(2,3)4)16(5,6)7/h8-11H,12H2,1-7H3/q-1. The van der Waals surface area contributed by atoms with E-state index in [1.165, 1.54) is 5.06 Å². The molecule has 0 fully saturated rings. The van der Waals surface area contributed by atoms with Crippen molar-refractivity contribution in [3.63, 3.8) is 0 Å². The second-order valence-corrected chi connectivity index (χ2v) is 10.9. The summed E-state index contributed by atoms with van der Waals surface area (Å²) in [4.78, 5) is 0. The van der Waals surface area contributed by atoms with Crippen LogP contribution in [0.4, 0.5) is 5.69 Å². The Morgan fingerprint density at radius 3 is 1.89 bits per heavy atom. The molecule has 0 aliphatic rings. The molecule has 0 aromatic heterocycles. The highest BCUT2D eigenvalue weighted by atomic mass is 31.1. The number of benzene rings is 1. The van der Waals surface area contributed by atoms with E-state index in [1.807, 2.05) is 31.2 Å². The lowest BCUT2D eigenvalue weighted by molar-refractivity contribution is 0.702. The fraction of sp³-hybridized carbons (Fsp3) is 0.625. The van der Waals surface area contributed by atoms with Gasteiger partial charge >= 0.3 is 0 Å². The Bertz CT molecular complexity index is 403.